The molecule has 1 aliphatic rings. The first-order chi connectivity index (χ1) is 12.5. The lowest BCUT2D eigenvalue weighted by Crippen LogP contribution is -2.46. The molecule has 27 heavy (non-hydrogen) atoms. The number of likely N-dealkylation sites (N-methyl/N-ethyl adjacent to an activating group) is 1. The molecule has 0 aliphatic carbocycles. The standard InChI is InChI=1S/C19H30FN3O3S/c1-5-22-9-11-23(12-10-22)17-7-6-15(14-16(17)20)18(24)21-8-13-27(25,26)19(2,3)4/h6-7,14H,5,8-13H2,1-4H3,(H,21,24). The lowest BCUT2D eigenvalue weighted by molar-refractivity contribution is 0.0955. The van der Waals surface area contributed by atoms with Crippen molar-refractivity contribution >= 4 is 21.4 Å². The fourth-order valence-corrected chi connectivity index (χ4v) is 3.90. The van der Waals surface area contributed by atoms with Crippen LogP contribution in [0.3, 0.4) is 0 Å². The predicted molar refractivity (Wildman–Crippen MR) is 107 cm³/mol. The number of carbonyl (C=O) groups is 1. The first-order valence-corrected chi connectivity index (χ1v) is 11.0. The summed E-state index contributed by atoms with van der Waals surface area (Å²) in [7, 11) is -3.31. The molecule has 1 saturated heterocycles. The second-order valence-corrected chi connectivity index (χ2v) is 10.6. The summed E-state index contributed by atoms with van der Waals surface area (Å²) in [6.07, 6.45) is 0. The van der Waals surface area contributed by atoms with Gasteiger partial charge in [-0.1, -0.05) is 6.92 Å². The van der Waals surface area contributed by atoms with Gasteiger partial charge in [0.2, 0.25) is 0 Å². The lowest BCUT2D eigenvalue weighted by Gasteiger charge is -2.35. The molecule has 6 nitrogen and oxygen atoms in total. The molecular formula is C19H30FN3O3S. The molecule has 0 bridgehead atoms. The summed E-state index contributed by atoms with van der Waals surface area (Å²) in [4.78, 5) is 16.5. The highest BCUT2D eigenvalue weighted by atomic mass is 32.2. The fourth-order valence-electron chi connectivity index (χ4n) is 2.92. The van der Waals surface area contributed by atoms with Crippen LogP contribution in [0.4, 0.5) is 10.1 Å². The Labute approximate surface area is 161 Å². The van der Waals surface area contributed by atoms with Crippen molar-refractivity contribution in [3.8, 4) is 0 Å². The molecule has 1 aliphatic heterocycles. The number of rotatable bonds is 6. The van der Waals surface area contributed by atoms with Crippen LogP contribution >= 0.6 is 0 Å². The van der Waals surface area contributed by atoms with E-state index in [1.165, 1.54) is 6.07 Å². The number of anilines is 1. The summed E-state index contributed by atoms with van der Waals surface area (Å²) >= 11 is 0. The molecule has 0 unspecified atom stereocenters. The molecule has 0 spiro atoms. The molecule has 0 radical (unpaired) electrons. The minimum atomic E-state index is -3.31. The van der Waals surface area contributed by atoms with Gasteiger partial charge in [-0.15, -0.1) is 0 Å². The Morgan fingerprint density at radius 1 is 1.19 bits per heavy atom. The highest BCUT2D eigenvalue weighted by Gasteiger charge is 2.28. The maximum absolute atomic E-state index is 14.5. The number of nitrogens with one attached hydrogen (secondary N) is 1. The zero-order valence-corrected chi connectivity index (χ0v) is 17.4. The van der Waals surface area contributed by atoms with Crippen molar-refractivity contribution in [2.24, 2.45) is 0 Å². The first kappa shape index (κ1) is 21.6. The van der Waals surface area contributed by atoms with Crippen LogP contribution in [0.2, 0.25) is 0 Å². The molecule has 1 aromatic carbocycles. The van der Waals surface area contributed by atoms with Crippen molar-refractivity contribution in [1.29, 1.82) is 0 Å². The van der Waals surface area contributed by atoms with Gasteiger partial charge in [-0.3, -0.25) is 4.79 Å². The number of amides is 1. The average Bonchev–Trinajstić information content (AvgIpc) is 2.60. The molecule has 0 atom stereocenters. The van der Waals surface area contributed by atoms with E-state index in [4.69, 9.17) is 0 Å². The quantitative estimate of drug-likeness (QED) is 0.791. The Kier molecular flexibility index (Phi) is 6.86. The van der Waals surface area contributed by atoms with E-state index in [9.17, 15) is 17.6 Å². The number of hydrogen-bond acceptors (Lipinski definition) is 5. The van der Waals surface area contributed by atoms with E-state index in [2.05, 4.69) is 17.1 Å². The van der Waals surface area contributed by atoms with Crippen LogP contribution in [0.5, 0.6) is 0 Å². The maximum atomic E-state index is 14.5. The molecule has 1 aromatic rings. The van der Waals surface area contributed by atoms with Gasteiger partial charge in [0, 0.05) is 38.3 Å². The number of nitrogens with zero attached hydrogens (tertiary/aromatic N) is 2. The van der Waals surface area contributed by atoms with Gasteiger partial charge in [0.25, 0.3) is 5.91 Å². The fraction of sp³-hybridized carbons (Fsp3) is 0.632. The lowest BCUT2D eigenvalue weighted by atomic mass is 10.1. The molecule has 1 N–H and O–H groups in total. The number of piperazine rings is 1. The molecule has 152 valence electrons. The second kappa shape index (κ2) is 8.56. The summed E-state index contributed by atoms with van der Waals surface area (Å²) in [6, 6.07) is 4.42. The topological polar surface area (TPSA) is 69.7 Å². The van der Waals surface area contributed by atoms with E-state index in [0.717, 1.165) is 32.7 Å². The van der Waals surface area contributed by atoms with Gasteiger partial charge >= 0.3 is 0 Å². The number of benzene rings is 1. The van der Waals surface area contributed by atoms with Crippen molar-refractivity contribution in [3.05, 3.63) is 29.6 Å². The highest BCUT2D eigenvalue weighted by Crippen LogP contribution is 2.22. The van der Waals surface area contributed by atoms with Gasteiger partial charge in [-0.05, 0) is 45.5 Å². The smallest absolute Gasteiger partial charge is 0.251 e. The molecule has 1 heterocycles. The van der Waals surface area contributed by atoms with Gasteiger partial charge in [-0.25, -0.2) is 12.8 Å². The van der Waals surface area contributed by atoms with Crippen LogP contribution < -0.4 is 10.2 Å². The minimum absolute atomic E-state index is 0.000778. The van der Waals surface area contributed by atoms with Crippen LogP contribution in [-0.2, 0) is 9.84 Å². The van der Waals surface area contributed by atoms with Gasteiger partial charge in [0.1, 0.15) is 5.82 Å². The summed E-state index contributed by atoms with van der Waals surface area (Å²) in [6.45, 7) is 11.2. The second-order valence-electron chi connectivity index (χ2n) is 7.77. The van der Waals surface area contributed by atoms with Crippen LogP contribution in [0.1, 0.15) is 38.1 Å². The summed E-state index contributed by atoms with van der Waals surface area (Å²) in [5.41, 5.74) is 0.689. The van der Waals surface area contributed by atoms with E-state index in [1.807, 2.05) is 4.90 Å². The van der Waals surface area contributed by atoms with Crippen molar-refractivity contribution < 1.29 is 17.6 Å². The van der Waals surface area contributed by atoms with Crippen molar-refractivity contribution in [1.82, 2.24) is 10.2 Å². The Morgan fingerprint density at radius 3 is 2.33 bits per heavy atom. The van der Waals surface area contributed by atoms with Crippen LogP contribution in [0.15, 0.2) is 18.2 Å². The van der Waals surface area contributed by atoms with Crippen LogP contribution in [-0.4, -0.2) is 69.0 Å². The Morgan fingerprint density at radius 2 is 1.81 bits per heavy atom. The monoisotopic (exact) mass is 399 g/mol. The van der Waals surface area contributed by atoms with E-state index < -0.39 is 26.3 Å². The number of sulfone groups is 1. The van der Waals surface area contributed by atoms with E-state index in [-0.39, 0.29) is 17.9 Å². The summed E-state index contributed by atoms with van der Waals surface area (Å²) in [5, 5.41) is 2.56. The molecule has 0 aromatic heterocycles. The van der Waals surface area contributed by atoms with Gasteiger partial charge in [0.15, 0.2) is 9.84 Å². The number of hydrogen-bond donors (Lipinski definition) is 1. The third-order valence-corrected chi connectivity index (χ3v) is 7.57. The number of carbonyl (C=O) groups excluding carboxylic acids is 1. The molecule has 1 fully saturated rings. The van der Waals surface area contributed by atoms with E-state index >= 15 is 0 Å². The van der Waals surface area contributed by atoms with Crippen molar-refractivity contribution in [2.45, 2.75) is 32.4 Å². The third-order valence-electron chi connectivity index (χ3n) is 4.96. The third kappa shape index (κ3) is 5.42. The summed E-state index contributed by atoms with van der Waals surface area (Å²) in [5.74, 6) is -1.06. The van der Waals surface area contributed by atoms with Gasteiger partial charge in [0.05, 0.1) is 16.2 Å². The number of halogens is 1. The van der Waals surface area contributed by atoms with E-state index in [0.29, 0.717) is 5.69 Å². The zero-order chi connectivity index (χ0) is 20.2. The Balaban J connectivity index is 1.96. The Hall–Kier alpha value is -1.67. The van der Waals surface area contributed by atoms with E-state index in [1.54, 1.807) is 32.9 Å². The maximum Gasteiger partial charge on any atom is 0.251 e. The summed E-state index contributed by atoms with van der Waals surface area (Å²) < 4.78 is 37.8. The first-order valence-electron chi connectivity index (χ1n) is 9.32. The molecule has 2 rings (SSSR count). The largest absolute Gasteiger partial charge is 0.367 e. The van der Waals surface area contributed by atoms with Crippen LogP contribution in [0, 0.1) is 5.82 Å². The van der Waals surface area contributed by atoms with Gasteiger partial charge in [-0.2, -0.15) is 0 Å². The predicted octanol–water partition coefficient (Wildman–Crippen LogP) is 1.91. The molecule has 8 heteroatoms. The molecule has 0 saturated carbocycles. The van der Waals surface area contributed by atoms with Crippen molar-refractivity contribution in [3.63, 3.8) is 0 Å². The van der Waals surface area contributed by atoms with Crippen LogP contribution in [0.25, 0.3) is 0 Å². The molecule has 1 amide bonds. The highest BCUT2D eigenvalue weighted by molar-refractivity contribution is 7.92. The van der Waals surface area contributed by atoms with Gasteiger partial charge < -0.3 is 15.1 Å². The Bertz CT molecular complexity index is 767. The average molecular weight is 400 g/mol. The normalized spacial score (nSPS) is 16.4. The SMILES string of the molecule is CCN1CCN(c2ccc(C(=O)NCCS(=O)(=O)C(C)(C)C)cc2F)CC1. The molecular weight excluding hydrogens is 369 g/mol. The van der Waals surface area contributed by atoms with Crippen molar-refractivity contribution in [2.75, 3.05) is 49.9 Å². The zero-order valence-electron chi connectivity index (χ0n) is 16.6. The minimum Gasteiger partial charge on any atom is -0.367 e.